The third kappa shape index (κ3) is 4.46. The number of nitrogens with zero attached hydrogens (tertiary/aromatic N) is 4. The Bertz CT molecular complexity index is 1440. The molecular weight excluding hydrogens is 456 g/mol. The van der Waals surface area contributed by atoms with Gasteiger partial charge < -0.3 is 23.3 Å². The molecule has 36 heavy (non-hydrogen) atoms. The molecule has 1 aliphatic heterocycles. The summed E-state index contributed by atoms with van der Waals surface area (Å²) in [5, 5.41) is 4.16. The second-order valence-corrected chi connectivity index (χ2v) is 8.49. The number of methoxy groups -OCH3 is 1. The van der Waals surface area contributed by atoms with Crippen molar-refractivity contribution < 1.29 is 18.7 Å². The van der Waals surface area contributed by atoms with Crippen molar-refractivity contribution in [2.24, 2.45) is 0 Å². The van der Waals surface area contributed by atoms with Crippen LogP contribution in [0.3, 0.4) is 0 Å². The fourth-order valence-corrected chi connectivity index (χ4v) is 4.20. The molecule has 0 fully saturated rings. The van der Waals surface area contributed by atoms with Crippen LogP contribution in [0, 0.1) is 0 Å². The average molecular weight is 481 g/mol. The summed E-state index contributed by atoms with van der Waals surface area (Å²) in [5.41, 5.74) is 4.60. The summed E-state index contributed by atoms with van der Waals surface area (Å²) >= 11 is 0. The molecule has 2 aromatic heterocycles. The number of fused-ring (bicyclic) bond motifs is 1. The zero-order valence-electron chi connectivity index (χ0n) is 19.7. The van der Waals surface area contributed by atoms with Gasteiger partial charge in [0.25, 0.3) is 5.89 Å². The SMILES string of the molecule is COc1ccc(C2Cn3cnc(-c4nc(-c5ccc(OCc6ccccc6)cc5)no4)c3CO2)cc1. The Hall–Kier alpha value is -4.43. The van der Waals surface area contributed by atoms with E-state index in [9.17, 15) is 0 Å². The fourth-order valence-electron chi connectivity index (χ4n) is 4.20. The van der Waals surface area contributed by atoms with Gasteiger partial charge in [-0.3, -0.25) is 0 Å². The smallest absolute Gasteiger partial charge is 0.278 e. The van der Waals surface area contributed by atoms with Crippen molar-refractivity contribution in [3.05, 3.63) is 102 Å². The summed E-state index contributed by atoms with van der Waals surface area (Å²) < 4.78 is 24.9. The first-order valence-corrected chi connectivity index (χ1v) is 11.7. The molecule has 8 nitrogen and oxygen atoms in total. The summed E-state index contributed by atoms with van der Waals surface area (Å²) in [6.07, 6.45) is 1.73. The maximum Gasteiger partial charge on any atom is 0.278 e. The van der Waals surface area contributed by atoms with Crippen LogP contribution in [-0.4, -0.2) is 26.8 Å². The Kier molecular flexibility index (Phi) is 5.93. The van der Waals surface area contributed by atoms with Gasteiger partial charge in [0, 0.05) is 5.56 Å². The zero-order valence-corrected chi connectivity index (χ0v) is 19.7. The molecule has 0 aliphatic carbocycles. The van der Waals surface area contributed by atoms with E-state index in [1.807, 2.05) is 78.9 Å². The van der Waals surface area contributed by atoms with Gasteiger partial charge in [0.2, 0.25) is 5.82 Å². The van der Waals surface area contributed by atoms with Crippen LogP contribution in [-0.2, 0) is 24.5 Å². The van der Waals surface area contributed by atoms with E-state index in [1.165, 1.54) is 0 Å². The van der Waals surface area contributed by atoms with Crippen LogP contribution < -0.4 is 9.47 Å². The number of benzene rings is 3. The molecule has 0 saturated heterocycles. The van der Waals surface area contributed by atoms with Gasteiger partial charge in [0.05, 0.1) is 32.3 Å². The average Bonchev–Trinajstić information content (AvgIpc) is 3.60. The number of aromatic nitrogens is 4. The Morgan fingerprint density at radius 1 is 0.944 bits per heavy atom. The van der Waals surface area contributed by atoms with Gasteiger partial charge in [-0.2, -0.15) is 4.98 Å². The minimum Gasteiger partial charge on any atom is -0.497 e. The van der Waals surface area contributed by atoms with E-state index in [2.05, 4.69) is 19.7 Å². The first kappa shape index (κ1) is 22.1. The lowest BCUT2D eigenvalue weighted by Crippen LogP contribution is -2.20. The highest BCUT2D eigenvalue weighted by atomic mass is 16.5. The molecule has 1 unspecified atom stereocenters. The Morgan fingerprint density at radius 3 is 2.50 bits per heavy atom. The summed E-state index contributed by atoms with van der Waals surface area (Å²) in [6, 6.07) is 25.6. The van der Waals surface area contributed by atoms with E-state index in [-0.39, 0.29) is 6.10 Å². The molecule has 6 rings (SSSR count). The van der Waals surface area contributed by atoms with Gasteiger partial charge >= 0.3 is 0 Å². The third-order valence-corrected chi connectivity index (χ3v) is 6.21. The Labute approximate surface area is 208 Å². The lowest BCUT2D eigenvalue weighted by Gasteiger charge is -2.25. The van der Waals surface area contributed by atoms with Crippen molar-refractivity contribution in [1.29, 1.82) is 0 Å². The molecule has 0 N–H and O–H groups in total. The predicted molar refractivity (Wildman–Crippen MR) is 132 cm³/mol. The second kappa shape index (κ2) is 9.67. The van der Waals surface area contributed by atoms with Crippen molar-refractivity contribution in [2.45, 2.75) is 25.9 Å². The highest BCUT2D eigenvalue weighted by molar-refractivity contribution is 5.60. The van der Waals surface area contributed by atoms with Crippen LogP contribution in [0.4, 0.5) is 0 Å². The van der Waals surface area contributed by atoms with Gasteiger partial charge in [-0.05, 0) is 47.5 Å². The van der Waals surface area contributed by atoms with Crippen LogP contribution in [0.2, 0.25) is 0 Å². The topological polar surface area (TPSA) is 84.4 Å². The van der Waals surface area contributed by atoms with Gasteiger partial charge in [-0.25, -0.2) is 4.98 Å². The zero-order chi connectivity index (χ0) is 24.3. The Morgan fingerprint density at radius 2 is 1.72 bits per heavy atom. The van der Waals surface area contributed by atoms with Gasteiger partial charge in [0.1, 0.15) is 24.2 Å². The van der Waals surface area contributed by atoms with Crippen molar-refractivity contribution in [2.75, 3.05) is 7.11 Å². The van der Waals surface area contributed by atoms with E-state index in [4.69, 9.17) is 18.7 Å². The summed E-state index contributed by atoms with van der Waals surface area (Å²) in [5.74, 6) is 2.46. The summed E-state index contributed by atoms with van der Waals surface area (Å²) in [4.78, 5) is 9.13. The molecule has 5 aromatic rings. The van der Waals surface area contributed by atoms with Crippen LogP contribution in [0.5, 0.6) is 11.5 Å². The maximum absolute atomic E-state index is 6.14. The normalized spacial score (nSPS) is 14.9. The quantitative estimate of drug-likeness (QED) is 0.306. The minimum absolute atomic E-state index is 0.0636. The number of hydrogen-bond acceptors (Lipinski definition) is 7. The largest absolute Gasteiger partial charge is 0.497 e. The summed E-state index contributed by atoms with van der Waals surface area (Å²) in [6.45, 7) is 1.57. The molecule has 0 radical (unpaired) electrons. The second-order valence-electron chi connectivity index (χ2n) is 8.49. The third-order valence-electron chi connectivity index (χ3n) is 6.21. The van der Waals surface area contributed by atoms with Crippen LogP contribution >= 0.6 is 0 Å². The fraction of sp³-hybridized carbons (Fsp3) is 0.179. The highest BCUT2D eigenvalue weighted by Crippen LogP contribution is 2.32. The molecule has 8 heteroatoms. The molecule has 3 aromatic carbocycles. The monoisotopic (exact) mass is 480 g/mol. The van der Waals surface area contributed by atoms with E-state index < -0.39 is 0 Å². The first-order chi connectivity index (χ1) is 17.8. The molecule has 0 saturated carbocycles. The Balaban J connectivity index is 1.14. The molecular formula is C28H24N4O4. The lowest BCUT2D eigenvalue weighted by molar-refractivity contribution is 0.00328. The molecule has 0 bridgehead atoms. The number of rotatable bonds is 7. The molecule has 0 amide bonds. The molecule has 3 heterocycles. The van der Waals surface area contributed by atoms with E-state index in [1.54, 1.807) is 13.4 Å². The predicted octanol–water partition coefficient (Wildman–Crippen LogP) is 5.46. The van der Waals surface area contributed by atoms with Crippen LogP contribution in [0.25, 0.3) is 23.0 Å². The van der Waals surface area contributed by atoms with Crippen LogP contribution in [0.1, 0.15) is 22.9 Å². The highest BCUT2D eigenvalue weighted by Gasteiger charge is 2.26. The minimum atomic E-state index is -0.0636. The number of hydrogen-bond donors (Lipinski definition) is 0. The van der Waals surface area contributed by atoms with Crippen LogP contribution in [0.15, 0.2) is 89.7 Å². The molecule has 0 spiro atoms. The molecule has 180 valence electrons. The molecule has 1 atom stereocenters. The molecule has 1 aliphatic rings. The van der Waals surface area contributed by atoms with Gasteiger partial charge in [-0.15, -0.1) is 0 Å². The first-order valence-electron chi connectivity index (χ1n) is 11.7. The van der Waals surface area contributed by atoms with Gasteiger partial charge in [-0.1, -0.05) is 47.6 Å². The standard InChI is InChI=1S/C28H24N4O4/c1-33-22-11-7-20(8-12-22)25-15-32-18-29-26(24(32)17-35-25)28-30-27(31-36-28)21-9-13-23(14-10-21)34-16-19-5-3-2-4-6-19/h2-14,18,25H,15-17H2,1H3. The van der Waals surface area contributed by atoms with E-state index >= 15 is 0 Å². The van der Waals surface area contributed by atoms with Crippen molar-refractivity contribution >= 4 is 0 Å². The van der Waals surface area contributed by atoms with E-state index in [0.717, 1.165) is 33.9 Å². The van der Waals surface area contributed by atoms with E-state index in [0.29, 0.717) is 37.2 Å². The van der Waals surface area contributed by atoms with Crippen molar-refractivity contribution in [3.63, 3.8) is 0 Å². The van der Waals surface area contributed by atoms with Crippen molar-refractivity contribution in [3.8, 4) is 34.5 Å². The maximum atomic E-state index is 6.14. The number of ether oxygens (including phenoxy) is 3. The lowest BCUT2D eigenvalue weighted by atomic mass is 10.1. The van der Waals surface area contributed by atoms with Gasteiger partial charge in [0.15, 0.2) is 5.69 Å². The van der Waals surface area contributed by atoms with Crippen molar-refractivity contribution in [1.82, 2.24) is 19.7 Å². The number of imidazole rings is 1. The summed E-state index contributed by atoms with van der Waals surface area (Å²) in [7, 11) is 1.66.